The van der Waals surface area contributed by atoms with E-state index in [9.17, 15) is 0 Å². The molecule has 0 atom stereocenters. The van der Waals surface area contributed by atoms with Crippen molar-refractivity contribution in [1.29, 1.82) is 0 Å². The van der Waals surface area contributed by atoms with E-state index in [1.807, 2.05) is 24.3 Å². The van der Waals surface area contributed by atoms with Crippen molar-refractivity contribution >= 4 is 49.1 Å². The molecule has 1 aromatic carbocycles. The van der Waals surface area contributed by atoms with Gasteiger partial charge in [0.25, 0.3) is 0 Å². The summed E-state index contributed by atoms with van der Waals surface area (Å²) < 4.78 is 2.04. The highest BCUT2D eigenvalue weighted by atomic mass is 79.9. The van der Waals surface area contributed by atoms with Crippen LogP contribution in [-0.2, 0) is 0 Å². The van der Waals surface area contributed by atoms with Crippen molar-refractivity contribution in [3.63, 3.8) is 0 Å². The van der Waals surface area contributed by atoms with Crippen LogP contribution >= 0.6 is 38.9 Å². The fourth-order valence-electron chi connectivity index (χ4n) is 1.57. The van der Waals surface area contributed by atoms with Crippen molar-refractivity contribution in [1.82, 2.24) is 9.97 Å². The highest BCUT2D eigenvalue weighted by Gasteiger charge is 2.08. The molecule has 0 spiro atoms. The van der Waals surface area contributed by atoms with E-state index in [1.54, 1.807) is 23.7 Å². The molecule has 0 aliphatic heterocycles. The van der Waals surface area contributed by atoms with Crippen LogP contribution in [-0.4, -0.2) is 9.97 Å². The molecule has 0 radical (unpaired) electrons. The summed E-state index contributed by atoms with van der Waals surface area (Å²) in [5.41, 5.74) is 1.85. The van der Waals surface area contributed by atoms with Gasteiger partial charge >= 0.3 is 0 Å². The van der Waals surface area contributed by atoms with Gasteiger partial charge in [0.15, 0.2) is 0 Å². The second-order valence-electron chi connectivity index (χ2n) is 3.50. The number of nitrogens with zero attached hydrogens (tertiary/aromatic N) is 2. The number of hydrogen-bond donors (Lipinski definition) is 0. The number of para-hydroxylation sites is 1. The molecule has 0 aliphatic rings. The standard InChI is InChI=1S/C12H6BrClN2S/c13-8-4-7(5-15-6-8)12-16-11-9(14)2-1-3-10(11)17-12/h1-6H. The maximum absolute atomic E-state index is 6.11. The van der Waals surface area contributed by atoms with Crippen LogP contribution in [0.15, 0.2) is 41.1 Å². The first-order valence-electron chi connectivity index (χ1n) is 4.90. The second kappa shape index (κ2) is 4.37. The van der Waals surface area contributed by atoms with E-state index in [0.717, 1.165) is 25.3 Å². The summed E-state index contributed by atoms with van der Waals surface area (Å²) in [6, 6.07) is 7.81. The van der Waals surface area contributed by atoms with E-state index < -0.39 is 0 Å². The summed E-state index contributed by atoms with van der Waals surface area (Å²) in [6.07, 6.45) is 3.56. The van der Waals surface area contributed by atoms with Crippen LogP contribution in [0.25, 0.3) is 20.8 Å². The number of halogens is 2. The number of benzene rings is 1. The van der Waals surface area contributed by atoms with Gasteiger partial charge in [0, 0.05) is 22.4 Å². The molecular formula is C12H6BrClN2S. The lowest BCUT2D eigenvalue weighted by molar-refractivity contribution is 1.30. The van der Waals surface area contributed by atoms with E-state index in [4.69, 9.17) is 11.6 Å². The quantitative estimate of drug-likeness (QED) is 0.644. The molecule has 17 heavy (non-hydrogen) atoms. The van der Waals surface area contributed by atoms with Gasteiger partial charge in [-0.25, -0.2) is 4.98 Å². The van der Waals surface area contributed by atoms with Gasteiger partial charge < -0.3 is 0 Å². The molecule has 0 amide bonds. The zero-order chi connectivity index (χ0) is 11.8. The van der Waals surface area contributed by atoms with Gasteiger partial charge in [-0.2, -0.15) is 0 Å². The van der Waals surface area contributed by atoms with Crippen LogP contribution in [0.3, 0.4) is 0 Å². The Hall–Kier alpha value is -0.970. The SMILES string of the molecule is Clc1cccc2sc(-c3cncc(Br)c3)nc12. The van der Waals surface area contributed by atoms with Gasteiger partial charge in [0.1, 0.15) is 10.5 Å². The third kappa shape index (κ3) is 2.08. The molecule has 5 heteroatoms. The predicted octanol–water partition coefficient (Wildman–Crippen LogP) is 4.77. The number of hydrogen-bond acceptors (Lipinski definition) is 3. The van der Waals surface area contributed by atoms with Crippen LogP contribution in [0.4, 0.5) is 0 Å². The average Bonchev–Trinajstić information content (AvgIpc) is 2.74. The zero-order valence-electron chi connectivity index (χ0n) is 8.52. The summed E-state index contributed by atoms with van der Waals surface area (Å²) in [6.45, 7) is 0. The first-order chi connectivity index (χ1) is 8.24. The molecule has 84 valence electrons. The molecule has 3 rings (SSSR count). The molecule has 0 unspecified atom stereocenters. The lowest BCUT2D eigenvalue weighted by Gasteiger charge is -1.94. The smallest absolute Gasteiger partial charge is 0.126 e. The fraction of sp³-hybridized carbons (Fsp3) is 0. The Morgan fingerprint density at radius 1 is 1.24 bits per heavy atom. The van der Waals surface area contributed by atoms with Gasteiger partial charge in [-0.05, 0) is 34.1 Å². The first kappa shape index (κ1) is 11.1. The fourth-order valence-corrected chi connectivity index (χ4v) is 3.18. The number of fused-ring (bicyclic) bond motifs is 1. The highest BCUT2D eigenvalue weighted by Crippen LogP contribution is 2.33. The summed E-state index contributed by atoms with van der Waals surface area (Å²) in [4.78, 5) is 8.69. The van der Waals surface area contributed by atoms with Gasteiger partial charge in [-0.15, -0.1) is 11.3 Å². The van der Waals surface area contributed by atoms with Crippen molar-refractivity contribution in [3.05, 3.63) is 46.2 Å². The average molecular weight is 326 g/mol. The van der Waals surface area contributed by atoms with Crippen LogP contribution in [0.1, 0.15) is 0 Å². The Morgan fingerprint density at radius 2 is 2.12 bits per heavy atom. The number of pyridine rings is 1. The number of rotatable bonds is 1. The van der Waals surface area contributed by atoms with E-state index in [0.29, 0.717) is 5.02 Å². The van der Waals surface area contributed by atoms with E-state index >= 15 is 0 Å². The molecule has 3 aromatic rings. The summed E-state index contributed by atoms with van der Waals surface area (Å²) >= 11 is 11.1. The van der Waals surface area contributed by atoms with Crippen molar-refractivity contribution in [2.45, 2.75) is 0 Å². The van der Waals surface area contributed by atoms with Gasteiger partial charge in [-0.3, -0.25) is 4.98 Å². The molecule has 2 heterocycles. The first-order valence-corrected chi connectivity index (χ1v) is 6.89. The van der Waals surface area contributed by atoms with E-state index in [1.165, 1.54) is 0 Å². The minimum absolute atomic E-state index is 0.688. The Labute approximate surface area is 115 Å². The highest BCUT2D eigenvalue weighted by molar-refractivity contribution is 9.10. The number of aromatic nitrogens is 2. The molecule has 0 saturated carbocycles. The van der Waals surface area contributed by atoms with Crippen LogP contribution in [0.2, 0.25) is 5.02 Å². The minimum atomic E-state index is 0.688. The van der Waals surface area contributed by atoms with E-state index in [-0.39, 0.29) is 0 Å². The molecule has 0 aliphatic carbocycles. The zero-order valence-corrected chi connectivity index (χ0v) is 11.7. The van der Waals surface area contributed by atoms with Crippen LogP contribution in [0, 0.1) is 0 Å². The largest absolute Gasteiger partial charge is 0.263 e. The normalized spacial score (nSPS) is 10.9. The van der Waals surface area contributed by atoms with Crippen molar-refractivity contribution in [3.8, 4) is 10.6 Å². The Morgan fingerprint density at radius 3 is 2.88 bits per heavy atom. The summed E-state index contributed by atoms with van der Waals surface area (Å²) in [5, 5.41) is 1.62. The topological polar surface area (TPSA) is 25.8 Å². The monoisotopic (exact) mass is 324 g/mol. The molecule has 0 bridgehead atoms. The van der Waals surface area contributed by atoms with Gasteiger partial charge in [-0.1, -0.05) is 17.7 Å². The van der Waals surface area contributed by atoms with Crippen molar-refractivity contribution < 1.29 is 0 Å². The maximum Gasteiger partial charge on any atom is 0.126 e. The lowest BCUT2D eigenvalue weighted by Crippen LogP contribution is -1.78. The molecule has 0 saturated heterocycles. The van der Waals surface area contributed by atoms with E-state index in [2.05, 4.69) is 25.9 Å². The van der Waals surface area contributed by atoms with Gasteiger partial charge in [0.2, 0.25) is 0 Å². The maximum atomic E-state index is 6.11. The third-order valence-corrected chi connectivity index (χ3v) is 4.13. The number of thiazole rings is 1. The molecular weight excluding hydrogens is 320 g/mol. The van der Waals surface area contributed by atoms with Crippen LogP contribution in [0.5, 0.6) is 0 Å². The Kier molecular flexibility index (Phi) is 2.86. The predicted molar refractivity (Wildman–Crippen MR) is 75.6 cm³/mol. The Balaban J connectivity index is 2.22. The Bertz CT molecular complexity index is 696. The molecule has 2 aromatic heterocycles. The van der Waals surface area contributed by atoms with Crippen LogP contribution < -0.4 is 0 Å². The van der Waals surface area contributed by atoms with Gasteiger partial charge in [0.05, 0.1) is 9.72 Å². The molecule has 2 nitrogen and oxygen atoms in total. The molecule has 0 N–H and O–H groups in total. The second-order valence-corrected chi connectivity index (χ2v) is 5.85. The lowest BCUT2D eigenvalue weighted by atomic mass is 10.3. The molecule has 0 fully saturated rings. The van der Waals surface area contributed by atoms with Crippen molar-refractivity contribution in [2.75, 3.05) is 0 Å². The van der Waals surface area contributed by atoms with Crippen molar-refractivity contribution in [2.24, 2.45) is 0 Å². The minimum Gasteiger partial charge on any atom is -0.263 e. The summed E-state index contributed by atoms with van der Waals surface area (Å²) in [5.74, 6) is 0. The summed E-state index contributed by atoms with van der Waals surface area (Å²) in [7, 11) is 0. The third-order valence-electron chi connectivity index (χ3n) is 2.32.